The van der Waals surface area contributed by atoms with Crippen LogP contribution in [0, 0.1) is 18.8 Å². The molecule has 1 aliphatic carbocycles. The number of aryl methyl sites for hydroxylation is 1. The number of carbonyl (C=O) groups excluding carboxylic acids is 2. The molecule has 34 heavy (non-hydrogen) atoms. The summed E-state index contributed by atoms with van der Waals surface area (Å²) in [4.78, 5) is 31.9. The van der Waals surface area contributed by atoms with Crippen LogP contribution >= 0.6 is 0 Å². The van der Waals surface area contributed by atoms with E-state index in [4.69, 9.17) is 0 Å². The number of anilines is 1. The monoisotopic (exact) mass is 463 g/mol. The zero-order valence-electron chi connectivity index (χ0n) is 20.7. The van der Waals surface area contributed by atoms with Gasteiger partial charge in [-0.3, -0.25) is 9.59 Å². The van der Waals surface area contributed by atoms with Gasteiger partial charge in [0.05, 0.1) is 12.2 Å². The first-order valence-electron chi connectivity index (χ1n) is 12.7. The highest BCUT2D eigenvalue weighted by Crippen LogP contribution is 2.29. The lowest BCUT2D eigenvalue weighted by Crippen LogP contribution is -2.53. The van der Waals surface area contributed by atoms with E-state index in [2.05, 4.69) is 60.1 Å². The Kier molecular flexibility index (Phi) is 7.80. The van der Waals surface area contributed by atoms with Crippen LogP contribution in [0.2, 0.25) is 0 Å². The van der Waals surface area contributed by atoms with E-state index in [-0.39, 0.29) is 24.3 Å². The van der Waals surface area contributed by atoms with Crippen LogP contribution in [0.25, 0.3) is 11.3 Å². The summed E-state index contributed by atoms with van der Waals surface area (Å²) in [6.07, 6.45) is 4.06. The number of hydrogen-bond donors (Lipinski definition) is 0. The Hall–Kier alpha value is -2.96. The zero-order chi connectivity index (χ0) is 24.1. The van der Waals surface area contributed by atoms with Crippen molar-refractivity contribution in [1.82, 2.24) is 20.0 Å². The van der Waals surface area contributed by atoms with E-state index in [1.165, 1.54) is 5.56 Å². The van der Waals surface area contributed by atoms with Crippen molar-refractivity contribution in [3.63, 3.8) is 0 Å². The van der Waals surface area contributed by atoms with Crippen LogP contribution in [0.4, 0.5) is 5.82 Å². The third-order valence-electron chi connectivity index (χ3n) is 7.28. The fraction of sp³-hybridized carbons (Fsp3) is 0.556. The maximum atomic E-state index is 13.1. The second-order valence-corrected chi connectivity index (χ2v) is 9.87. The van der Waals surface area contributed by atoms with Gasteiger partial charge in [-0.15, -0.1) is 10.2 Å². The van der Waals surface area contributed by atoms with E-state index >= 15 is 0 Å². The number of aromatic nitrogens is 2. The summed E-state index contributed by atoms with van der Waals surface area (Å²) in [5.41, 5.74) is 3.13. The Morgan fingerprint density at radius 3 is 2.29 bits per heavy atom. The molecule has 4 rings (SSSR count). The predicted octanol–water partition coefficient (Wildman–Crippen LogP) is 3.78. The molecule has 1 aliphatic heterocycles. The van der Waals surface area contributed by atoms with Gasteiger partial charge in [0, 0.05) is 44.2 Å². The Morgan fingerprint density at radius 1 is 1.03 bits per heavy atom. The highest BCUT2D eigenvalue weighted by atomic mass is 16.2. The van der Waals surface area contributed by atoms with E-state index in [1.807, 2.05) is 21.9 Å². The first kappa shape index (κ1) is 24.2. The summed E-state index contributed by atoms with van der Waals surface area (Å²) in [7, 11) is 0. The van der Waals surface area contributed by atoms with Crippen molar-refractivity contribution in [2.45, 2.75) is 46.5 Å². The van der Waals surface area contributed by atoms with Gasteiger partial charge in [-0.25, -0.2) is 0 Å². The van der Waals surface area contributed by atoms with Gasteiger partial charge in [-0.1, -0.05) is 56.5 Å². The van der Waals surface area contributed by atoms with Crippen LogP contribution in [0.3, 0.4) is 0 Å². The summed E-state index contributed by atoms with van der Waals surface area (Å²) in [5.74, 6) is 1.57. The van der Waals surface area contributed by atoms with Gasteiger partial charge < -0.3 is 14.7 Å². The van der Waals surface area contributed by atoms with Crippen molar-refractivity contribution < 1.29 is 9.59 Å². The maximum absolute atomic E-state index is 13.1. The lowest BCUT2D eigenvalue weighted by molar-refractivity contribution is -0.145. The molecule has 0 N–H and O–H groups in total. The van der Waals surface area contributed by atoms with Gasteiger partial charge in [-0.2, -0.15) is 0 Å². The molecule has 7 nitrogen and oxygen atoms in total. The number of nitrogens with zero attached hydrogens (tertiary/aromatic N) is 5. The second kappa shape index (κ2) is 11.0. The van der Waals surface area contributed by atoms with E-state index in [9.17, 15) is 9.59 Å². The van der Waals surface area contributed by atoms with Crippen LogP contribution in [0.5, 0.6) is 0 Å². The van der Waals surface area contributed by atoms with Crippen molar-refractivity contribution in [2.75, 3.05) is 44.2 Å². The lowest BCUT2D eigenvalue weighted by Gasteiger charge is -2.37. The molecule has 182 valence electrons. The van der Waals surface area contributed by atoms with Gasteiger partial charge in [0.1, 0.15) is 0 Å². The average Bonchev–Trinajstić information content (AvgIpc) is 2.83. The molecule has 1 saturated carbocycles. The molecular weight excluding hydrogens is 426 g/mol. The first-order chi connectivity index (χ1) is 16.4. The smallest absolute Gasteiger partial charge is 0.242 e. The largest absolute Gasteiger partial charge is 0.352 e. The number of hydrogen-bond acceptors (Lipinski definition) is 5. The Balaban J connectivity index is 1.31. The molecule has 1 aromatic carbocycles. The fourth-order valence-electron chi connectivity index (χ4n) is 4.47. The Labute approximate surface area is 203 Å². The van der Waals surface area contributed by atoms with Crippen LogP contribution in [-0.2, 0) is 9.59 Å². The first-order valence-corrected chi connectivity index (χ1v) is 12.7. The van der Waals surface area contributed by atoms with Crippen molar-refractivity contribution in [3.05, 3.63) is 42.0 Å². The van der Waals surface area contributed by atoms with E-state index in [1.54, 1.807) is 0 Å². The van der Waals surface area contributed by atoms with E-state index < -0.39 is 0 Å². The third-order valence-corrected chi connectivity index (χ3v) is 7.28. The molecule has 2 aliphatic rings. The molecule has 2 amide bonds. The molecule has 2 aromatic rings. The van der Waals surface area contributed by atoms with Crippen molar-refractivity contribution in [2.24, 2.45) is 11.8 Å². The molecule has 7 heteroatoms. The normalized spacial score (nSPS) is 17.3. The quantitative estimate of drug-likeness (QED) is 0.596. The predicted molar refractivity (Wildman–Crippen MR) is 134 cm³/mol. The van der Waals surface area contributed by atoms with Crippen LogP contribution in [-0.4, -0.2) is 71.1 Å². The number of benzene rings is 1. The number of rotatable bonds is 8. The number of amides is 2. The van der Waals surface area contributed by atoms with Gasteiger partial charge in [0.2, 0.25) is 11.8 Å². The summed E-state index contributed by atoms with van der Waals surface area (Å²) >= 11 is 0. The Morgan fingerprint density at radius 2 is 1.74 bits per heavy atom. The van der Waals surface area contributed by atoms with Gasteiger partial charge >= 0.3 is 0 Å². The molecule has 0 radical (unpaired) electrons. The van der Waals surface area contributed by atoms with Gasteiger partial charge in [0.25, 0.3) is 0 Å². The van der Waals surface area contributed by atoms with E-state index in [0.29, 0.717) is 38.6 Å². The van der Waals surface area contributed by atoms with Crippen molar-refractivity contribution in [3.8, 4) is 11.3 Å². The maximum Gasteiger partial charge on any atom is 0.242 e. The fourth-order valence-corrected chi connectivity index (χ4v) is 4.47. The van der Waals surface area contributed by atoms with Gasteiger partial charge in [0.15, 0.2) is 5.82 Å². The minimum absolute atomic E-state index is 0.0522. The average molecular weight is 464 g/mol. The molecule has 0 bridgehead atoms. The van der Waals surface area contributed by atoms with Crippen molar-refractivity contribution in [1.29, 1.82) is 0 Å². The third kappa shape index (κ3) is 5.75. The molecule has 0 unspecified atom stereocenters. The number of carbonyl (C=O) groups is 2. The minimum atomic E-state index is 0.0522. The second-order valence-electron chi connectivity index (χ2n) is 9.87. The lowest BCUT2D eigenvalue weighted by atomic mass is 9.84. The van der Waals surface area contributed by atoms with Crippen LogP contribution in [0.15, 0.2) is 36.4 Å². The highest BCUT2D eigenvalue weighted by Gasteiger charge is 2.32. The highest BCUT2D eigenvalue weighted by molar-refractivity contribution is 5.86. The van der Waals surface area contributed by atoms with Crippen LogP contribution in [0.1, 0.15) is 45.1 Å². The SMILES string of the molecule is CC[C@H](C)CN(CC(=O)N1CCN(c2ccc(-c3ccc(C)cc3)nn2)CC1)C(=O)C1CCC1. The molecule has 2 fully saturated rings. The molecule has 1 aromatic heterocycles. The molecule has 1 saturated heterocycles. The minimum Gasteiger partial charge on any atom is -0.352 e. The summed E-state index contributed by atoms with van der Waals surface area (Å²) in [5, 5.41) is 8.86. The molecular formula is C27H37N5O2. The molecule has 1 atom stereocenters. The number of piperazine rings is 1. The summed E-state index contributed by atoms with van der Waals surface area (Å²) < 4.78 is 0. The van der Waals surface area contributed by atoms with Gasteiger partial charge in [-0.05, 0) is 37.8 Å². The summed E-state index contributed by atoms with van der Waals surface area (Å²) in [6, 6.07) is 12.3. The summed E-state index contributed by atoms with van der Waals surface area (Å²) in [6.45, 7) is 9.91. The van der Waals surface area contributed by atoms with Crippen molar-refractivity contribution >= 4 is 17.6 Å². The Bertz CT molecular complexity index is 964. The molecule has 0 spiro atoms. The zero-order valence-corrected chi connectivity index (χ0v) is 20.7. The standard InChI is InChI=1S/C27H37N5O2/c1-4-20(2)18-32(27(34)23-6-5-7-23)19-26(33)31-16-14-30(15-17-31)25-13-12-24(28-29-25)22-10-8-21(3)9-11-22/h8-13,20,23H,4-7,14-19H2,1-3H3/t20-/m0/s1. The van der Waals surface area contributed by atoms with Crippen LogP contribution < -0.4 is 4.90 Å². The topological polar surface area (TPSA) is 69.6 Å². The molecule has 2 heterocycles. The van der Waals surface area contributed by atoms with E-state index in [0.717, 1.165) is 42.8 Å².